The Morgan fingerprint density at radius 3 is 2.56 bits per heavy atom. The molecule has 0 bridgehead atoms. The van der Waals surface area contributed by atoms with Crippen LogP contribution in [0, 0.1) is 5.92 Å². The summed E-state index contributed by atoms with van der Waals surface area (Å²) in [7, 11) is 0. The van der Waals surface area contributed by atoms with E-state index in [1.807, 2.05) is 24.3 Å². The Bertz CT molecular complexity index is 1330. The van der Waals surface area contributed by atoms with E-state index in [1.54, 1.807) is 12.3 Å². The van der Waals surface area contributed by atoms with Crippen molar-refractivity contribution in [1.29, 1.82) is 0 Å². The molecule has 3 aromatic rings. The number of aromatic nitrogens is 3. The van der Waals surface area contributed by atoms with Gasteiger partial charge >= 0.3 is 6.18 Å². The Morgan fingerprint density at radius 1 is 1.06 bits per heavy atom. The first-order valence-electron chi connectivity index (χ1n) is 10.6. The fraction of sp³-hybridized carbons (Fsp3) is 0.292. The molecule has 0 saturated carbocycles. The van der Waals surface area contributed by atoms with Crippen molar-refractivity contribution >= 4 is 11.7 Å². The summed E-state index contributed by atoms with van der Waals surface area (Å²) in [4.78, 5) is 5.02. The van der Waals surface area contributed by atoms with Crippen LogP contribution in [0.2, 0.25) is 0 Å². The zero-order chi connectivity index (χ0) is 22.3. The maximum Gasteiger partial charge on any atom is 0.396 e. The van der Waals surface area contributed by atoms with Crippen molar-refractivity contribution in [2.45, 2.75) is 38.0 Å². The molecule has 0 fully saturated rings. The van der Waals surface area contributed by atoms with Gasteiger partial charge in [-0.05, 0) is 35.6 Å². The van der Waals surface area contributed by atoms with Crippen molar-refractivity contribution < 1.29 is 13.2 Å². The SMILES string of the molecule is NCc1ccc(C2N=c3ccn4c(CC(F)(F)F)nnc4c3=CC2C2=CCCC=C2)cc1. The maximum absolute atomic E-state index is 13.0. The lowest BCUT2D eigenvalue weighted by molar-refractivity contribution is -0.128. The van der Waals surface area contributed by atoms with Gasteiger partial charge in [0.2, 0.25) is 0 Å². The Morgan fingerprint density at radius 2 is 1.88 bits per heavy atom. The lowest BCUT2D eigenvalue weighted by Crippen LogP contribution is -2.35. The monoisotopic (exact) mass is 437 g/mol. The number of allylic oxidation sites excluding steroid dienone is 3. The van der Waals surface area contributed by atoms with Crippen LogP contribution in [0.4, 0.5) is 13.2 Å². The molecule has 0 radical (unpaired) electrons. The third-order valence-electron chi connectivity index (χ3n) is 5.95. The second-order valence-corrected chi connectivity index (χ2v) is 8.11. The maximum atomic E-state index is 13.0. The number of alkyl halides is 3. The van der Waals surface area contributed by atoms with Gasteiger partial charge in [-0.15, -0.1) is 10.2 Å². The molecule has 2 unspecified atom stereocenters. The van der Waals surface area contributed by atoms with Gasteiger partial charge in [0.1, 0.15) is 12.2 Å². The minimum atomic E-state index is -4.35. The summed E-state index contributed by atoms with van der Waals surface area (Å²) < 4.78 is 40.3. The number of hydrogen-bond donors (Lipinski definition) is 1. The van der Waals surface area contributed by atoms with Crippen LogP contribution in [0.25, 0.3) is 11.7 Å². The van der Waals surface area contributed by atoms with Gasteiger partial charge in [0.25, 0.3) is 0 Å². The van der Waals surface area contributed by atoms with E-state index in [0.717, 1.165) is 29.5 Å². The van der Waals surface area contributed by atoms with E-state index < -0.39 is 12.6 Å². The fourth-order valence-electron chi connectivity index (χ4n) is 4.38. The number of pyridine rings is 1. The fourth-order valence-corrected chi connectivity index (χ4v) is 4.38. The van der Waals surface area contributed by atoms with Crippen LogP contribution in [0.15, 0.2) is 65.3 Å². The van der Waals surface area contributed by atoms with E-state index >= 15 is 0 Å². The molecule has 5 nitrogen and oxygen atoms in total. The summed E-state index contributed by atoms with van der Waals surface area (Å²) >= 11 is 0. The molecule has 1 aliphatic carbocycles. The third-order valence-corrected chi connectivity index (χ3v) is 5.95. The summed E-state index contributed by atoms with van der Waals surface area (Å²) in [6.07, 6.45) is 6.58. The Hall–Kier alpha value is -3.26. The van der Waals surface area contributed by atoms with Gasteiger partial charge in [0, 0.05) is 23.9 Å². The molecule has 3 heterocycles. The summed E-state index contributed by atoms with van der Waals surface area (Å²) in [5, 5.41) is 9.32. The molecule has 164 valence electrons. The zero-order valence-electron chi connectivity index (χ0n) is 17.3. The lowest BCUT2D eigenvalue weighted by Gasteiger charge is -2.27. The molecular weight excluding hydrogens is 415 g/mol. The summed E-state index contributed by atoms with van der Waals surface area (Å²) in [5.41, 5.74) is 9.40. The quantitative estimate of drug-likeness (QED) is 0.681. The van der Waals surface area contributed by atoms with Crippen molar-refractivity contribution in [3.8, 4) is 0 Å². The largest absolute Gasteiger partial charge is 0.396 e. The highest BCUT2D eigenvalue weighted by molar-refractivity contribution is 5.53. The van der Waals surface area contributed by atoms with Gasteiger partial charge in [-0.3, -0.25) is 9.39 Å². The smallest absolute Gasteiger partial charge is 0.326 e. The standard InChI is InChI=1S/C24H22F3N5/c25-24(26,27)13-21-30-31-23-19-12-18(16-4-2-1-3-5-16)22(29-20(19)10-11-32(21)23)17-8-6-15(14-28)7-9-17/h2,4-12,18,22H,1,3,13-14,28H2. The van der Waals surface area contributed by atoms with Crippen LogP contribution in [-0.4, -0.2) is 20.8 Å². The Kier molecular flexibility index (Phi) is 5.17. The topological polar surface area (TPSA) is 68.6 Å². The van der Waals surface area contributed by atoms with Crippen molar-refractivity contribution in [2.24, 2.45) is 16.6 Å². The summed E-state index contributed by atoms with van der Waals surface area (Å²) in [6.45, 7) is 0.472. The molecule has 0 spiro atoms. The first-order chi connectivity index (χ1) is 15.4. The van der Waals surface area contributed by atoms with Crippen LogP contribution in [0.3, 0.4) is 0 Å². The highest BCUT2D eigenvalue weighted by Gasteiger charge is 2.31. The van der Waals surface area contributed by atoms with E-state index in [2.05, 4.69) is 34.5 Å². The number of benzene rings is 1. The van der Waals surface area contributed by atoms with Crippen molar-refractivity contribution in [3.05, 3.63) is 87.9 Å². The summed E-state index contributed by atoms with van der Waals surface area (Å²) in [5.74, 6) is -0.187. The second kappa shape index (κ2) is 8.02. The van der Waals surface area contributed by atoms with Crippen molar-refractivity contribution in [3.63, 3.8) is 0 Å². The van der Waals surface area contributed by atoms with E-state index in [1.165, 1.54) is 4.40 Å². The first kappa shape index (κ1) is 20.6. The first-order valence-corrected chi connectivity index (χ1v) is 10.6. The minimum Gasteiger partial charge on any atom is -0.326 e. The molecule has 2 atom stereocenters. The molecule has 1 aliphatic heterocycles. The van der Waals surface area contributed by atoms with Gasteiger partial charge in [0.05, 0.1) is 11.4 Å². The molecule has 5 rings (SSSR count). The van der Waals surface area contributed by atoms with E-state index in [9.17, 15) is 13.2 Å². The summed E-state index contributed by atoms with van der Waals surface area (Å²) in [6, 6.07) is 9.70. The van der Waals surface area contributed by atoms with Crippen LogP contribution in [-0.2, 0) is 13.0 Å². The van der Waals surface area contributed by atoms with Gasteiger partial charge in [-0.25, -0.2) is 0 Å². The van der Waals surface area contributed by atoms with E-state index in [0.29, 0.717) is 22.8 Å². The Labute approximate surface area is 182 Å². The molecule has 1 aromatic carbocycles. The van der Waals surface area contributed by atoms with Crippen molar-refractivity contribution in [2.75, 3.05) is 0 Å². The molecular formula is C24H22F3N5. The van der Waals surface area contributed by atoms with Crippen LogP contribution in [0.5, 0.6) is 0 Å². The molecule has 0 amide bonds. The second-order valence-electron chi connectivity index (χ2n) is 8.11. The minimum absolute atomic E-state index is 0.0586. The zero-order valence-corrected chi connectivity index (χ0v) is 17.3. The van der Waals surface area contributed by atoms with E-state index in [-0.39, 0.29) is 17.8 Å². The normalized spacial score (nSPS) is 20.4. The number of nitrogens with zero attached hydrogens (tertiary/aromatic N) is 4. The highest BCUT2D eigenvalue weighted by atomic mass is 19.4. The number of rotatable bonds is 4. The average molecular weight is 437 g/mol. The Balaban J connectivity index is 1.67. The molecule has 2 aliphatic rings. The van der Waals surface area contributed by atoms with E-state index in [4.69, 9.17) is 10.7 Å². The average Bonchev–Trinajstić information content (AvgIpc) is 3.20. The molecule has 32 heavy (non-hydrogen) atoms. The van der Waals surface area contributed by atoms with Crippen LogP contribution < -0.4 is 16.3 Å². The number of halogens is 3. The number of hydrogen-bond acceptors (Lipinski definition) is 4. The van der Waals surface area contributed by atoms with Crippen molar-refractivity contribution in [1.82, 2.24) is 14.6 Å². The lowest BCUT2D eigenvalue weighted by atomic mass is 9.82. The van der Waals surface area contributed by atoms with Gasteiger partial charge < -0.3 is 5.73 Å². The van der Waals surface area contributed by atoms with Gasteiger partial charge in [-0.2, -0.15) is 13.2 Å². The van der Waals surface area contributed by atoms with Crippen LogP contribution in [0.1, 0.15) is 35.8 Å². The number of nitrogens with two attached hydrogens (primary N) is 1. The molecule has 2 N–H and O–H groups in total. The predicted octanol–water partition coefficient (Wildman–Crippen LogP) is 3.34. The highest BCUT2D eigenvalue weighted by Crippen LogP contribution is 2.36. The van der Waals surface area contributed by atoms with Gasteiger partial charge in [-0.1, -0.05) is 48.6 Å². The number of fused-ring (bicyclic) bond motifs is 3. The van der Waals surface area contributed by atoms with Crippen LogP contribution >= 0.6 is 0 Å². The predicted molar refractivity (Wildman–Crippen MR) is 115 cm³/mol. The molecule has 8 heteroatoms. The van der Waals surface area contributed by atoms with Gasteiger partial charge in [0.15, 0.2) is 5.65 Å². The molecule has 0 saturated heterocycles. The third kappa shape index (κ3) is 3.86. The molecule has 2 aromatic heterocycles.